The lowest BCUT2D eigenvalue weighted by Gasteiger charge is -2.45. The molecule has 0 saturated carbocycles. The van der Waals surface area contributed by atoms with Crippen molar-refractivity contribution in [2.24, 2.45) is 5.41 Å². The third-order valence-corrected chi connectivity index (χ3v) is 7.82. The van der Waals surface area contributed by atoms with E-state index in [0.717, 1.165) is 48.9 Å². The number of carboxylic acid groups (broad SMARTS) is 1. The number of morpholine rings is 1. The summed E-state index contributed by atoms with van der Waals surface area (Å²) < 4.78 is 5.43. The second kappa shape index (κ2) is 11.1. The number of hydrogen-bond donors (Lipinski definition) is 3. The van der Waals surface area contributed by atoms with Gasteiger partial charge in [-0.15, -0.1) is 0 Å². The van der Waals surface area contributed by atoms with Gasteiger partial charge in [0.25, 0.3) is 5.91 Å². The first-order chi connectivity index (χ1) is 19.2. The minimum absolute atomic E-state index is 0.305. The second-order valence-corrected chi connectivity index (χ2v) is 11.2. The number of rotatable bonds is 6. The highest BCUT2D eigenvalue weighted by molar-refractivity contribution is 6.01. The molecule has 0 spiro atoms. The van der Waals surface area contributed by atoms with Gasteiger partial charge in [0, 0.05) is 48.5 Å². The Morgan fingerprint density at radius 1 is 0.950 bits per heavy atom. The Labute approximate surface area is 234 Å². The number of hydrogen-bond acceptors (Lipinski definition) is 7. The fourth-order valence-electron chi connectivity index (χ4n) is 5.68. The zero-order valence-electron chi connectivity index (χ0n) is 23.2. The van der Waals surface area contributed by atoms with Gasteiger partial charge in [-0.2, -0.15) is 0 Å². The van der Waals surface area contributed by atoms with Crippen molar-refractivity contribution in [2.75, 3.05) is 48.4 Å². The SMILES string of the molecule is CC(C)(C)[C@@]1(C(=O)Nc2ccc(-c3ccnc(Nc4ccc(N5CCOCC5)cc4)n3)cc2)CCCN1C(=O)O. The van der Waals surface area contributed by atoms with Crippen LogP contribution in [0.1, 0.15) is 33.6 Å². The van der Waals surface area contributed by atoms with Gasteiger partial charge in [0.05, 0.1) is 18.9 Å². The van der Waals surface area contributed by atoms with Crippen molar-refractivity contribution in [3.05, 3.63) is 60.8 Å². The van der Waals surface area contributed by atoms with E-state index in [1.165, 1.54) is 4.90 Å². The molecule has 3 N–H and O–H groups in total. The first-order valence-corrected chi connectivity index (χ1v) is 13.6. The van der Waals surface area contributed by atoms with E-state index in [4.69, 9.17) is 4.74 Å². The first-order valence-electron chi connectivity index (χ1n) is 13.6. The summed E-state index contributed by atoms with van der Waals surface area (Å²) in [6.07, 6.45) is 1.77. The molecule has 1 atom stereocenters. The van der Waals surface area contributed by atoms with Crippen LogP contribution in [-0.2, 0) is 9.53 Å². The molecule has 1 aromatic heterocycles. The Kier molecular flexibility index (Phi) is 7.62. The molecule has 5 rings (SSSR count). The molecule has 2 aliphatic rings. The molecule has 0 bridgehead atoms. The van der Waals surface area contributed by atoms with Crippen molar-refractivity contribution < 1.29 is 19.4 Å². The van der Waals surface area contributed by atoms with E-state index in [0.29, 0.717) is 31.0 Å². The maximum absolute atomic E-state index is 13.5. The Hall–Kier alpha value is -4.18. The first kappa shape index (κ1) is 27.4. The molecule has 2 aromatic carbocycles. The Balaban J connectivity index is 1.27. The molecule has 0 aliphatic carbocycles. The van der Waals surface area contributed by atoms with Crippen molar-refractivity contribution in [3.63, 3.8) is 0 Å². The van der Waals surface area contributed by atoms with Crippen LogP contribution in [0.5, 0.6) is 0 Å². The molecule has 3 heterocycles. The Morgan fingerprint density at radius 2 is 1.62 bits per heavy atom. The van der Waals surface area contributed by atoms with Crippen molar-refractivity contribution >= 4 is 35.0 Å². The molecule has 210 valence electrons. The van der Waals surface area contributed by atoms with Crippen LogP contribution in [0, 0.1) is 5.41 Å². The summed E-state index contributed by atoms with van der Waals surface area (Å²) in [6.45, 7) is 9.35. The summed E-state index contributed by atoms with van der Waals surface area (Å²) in [7, 11) is 0. The fraction of sp³-hybridized carbons (Fsp3) is 0.400. The zero-order chi connectivity index (χ0) is 28.3. The Bertz CT molecular complexity index is 1350. The number of likely N-dealkylation sites (tertiary alicyclic amines) is 1. The number of amides is 2. The maximum atomic E-state index is 13.5. The van der Waals surface area contributed by atoms with Crippen molar-refractivity contribution in [1.82, 2.24) is 14.9 Å². The lowest BCUT2D eigenvalue weighted by molar-refractivity contribution is -0.131. The lowest BCUT2D eigenvalue weighted by atomic mass is 9.71. The lowest BCUT2D eigenvalue weighted by Crippen LogP contribution is -2.62. The van der Waals surface area contributed by atoms with Crippen LogP contribution >= 0.6 is 0 Å². The third kappa shape index (κ3) is 5.44. The summed E-state index contributed by atoms with van der Waals surface area (Å²) in [5.41, 5.74) is 2.55. The van der Waals surface area contributed by atoms with E-state index in [1.807, 2.05) is 63.2 Å². The molecule has 2 amide bonds. The summed E-state index contributed by atoms with van der Waals surface area (Å²) in [5.74, 6) is 0.178. The van der Waals surface area contributed by atoms with Gasteiger partial charge in [-0.05, 0) is 60.7 Å². The van der Waals surface area contributed by atoms with E-state index in [2.05, 4.69) is 37.6 Å². The van der Waals surface area contributed by atoms with E-state index >= 15 is 0 Å². The van der Waals surface area contributed by atoms with Crippen LogP contribution in [0.25, 0.3) is 11.3 Å². The second-order valence-electron chi connectivity index (χ2n) is 11.2. The zero-order valence-corrected chi connectivity index (χ0v) is 23.2. The topological polar surface area (TPSA) is 120 Å². The molecule has 2 fully saturated rings. The minimum atomic E-state index is -1.13. The molecule has 10 heteroatoms. The van der Waals surface area contributed by atoms with E-state index in [-0.39, 0.29) is 5.91 Å². The number of nitrogens with one attached hydrogen (secondary N) is 2. The Morgan fingerprint density at radius 3 is 2.27 bits per heavy atom. The molecule has 3 aromatic rings. The molecule has 0 unspecified atom stereocenters. The smallest absolute Gasteiger partial charge is 0.408 e. The van der Waals surface area contributed by atoms with Crippen LogP contribution in [0.2, 0.25) is 0 Å². The molecular formula is C30H36N6O4. The number of benzene rings is 2. The van der Waals surface area contributed by atoms with Crippen LogP contribution in [0.3, 0.4) is 0 Å². The highest BCUT2D eigenvalue weighted by Gasteiger charge is 2.57. The maximum Gasteiger partial charge on any atom is 0.408 e. The summed E-state index contributed by atoms with van der Waals surface area (Å²) in [4.78, 5) is 38.1. The van der Waals surface area contributed by atoms with E-state index in [1.54, 1.807) is 6.20 Å². The summed E-state index contributed by atoms with van der Waals surface area (Å²) >= 11 is 0. The van der Waals surface area contributed by atoms with Crippen molar-refractivity contribution in [1.29, 1.82) is 0 Å². The number of ether oxygens (including phenoxy) is 1. The van der Waals surface area contributed by atoms with Gasteiger partial charge in [0.15, 0.2) is 0 Å². The molecule has 2 saturated heterocycles. The van der Waals surface area contributed by atoms with Gasteiger partial charge in [-0.3, -0.25) is 9.69 Å². The molecule has 2 aliphatic heterocycles. The number of carbonyl (C=O) groups excluding carboxylic acids is 1. The minimum Gasteiger partial charge on any atom is -0.465 e. The predicted octanol–water partition coefficient (Wildman–Crippen LogP) is 5.22. The molecule has 0 radical (unpaired) electrons. The molecular weight excluding hydrogens is 508 g/mol. The van der Waals surface area contributed by atoms with Crippen molar-refractivity contribution in [2.45, 2.75) is 39.2 Å². The average molecular weight is 545 g/mol. The average Bonchev–Trinajstić information content (AvgIpc) is 3.42. The molecule has 40 heavy (non-hydrogen) atoms. The number of aromatic nitrogens is 2. The van der Waals surface area contributed by atoms with Crippen LogP contribution in [0.4, 0.5) is 27.8 Å². The molecule has 10 nitrogen and oxygen atoms in total. The van der Waals surface area contributed by atoms with Gasteiger partial charge in [-0.25, -0.2) is 14.8 Å². The summed E-state index contributed by atoms with van der Waals surface area (Å²) in [5, 5.41) is 16.0. The van der Waals surface area contributed by atoms with Crippen LogP contribution < -0.4 is 15.5 Å². The number of nitrogens with zero attached hydrogens (tertiary/aromatic N) is 4. The van der Waals surface area contributed by atoms with Crippen LogP contribution in [-0.4, -0.2) is 70.4 Å². The highest BCUT2D eigenvalue weighted by Crippen LogP contribution is 2.44. The summed E-state index contributed by atoms with van der Waals surface area (Å²) in [6, 6.07) is 17.4. The standard InChI is InChI=1S/C30H36N6O4/c1-29(2,3)30(14-4-16-36(30)28(38)39)26(37)32-22-7-5-21(6-8-22)25-13-15-31-27(34-25)33-23-9-11-24(12-10-23)35-17-19-40-20-18-35/h5-13,15H,4,14,16-20H2,1-3H3,(H,32,37)(H,38,39)(H,31,33,34)/t30-/m0/s1. The van der Waals surface area contributed by atoms with Gasteiger partial charge >= 0.3 is 6.09 Å². The van der Waals surface area contributed by atoms with Gasteiger partial charge in [0.1, 0.15) is 5.54 Å². The van der Waals surface area contributed by atoms with Gasteiger partial charge < -0.3 is 25.4 Å². The monoisotopic (exact) mass is 544 g/mol. The highest BCUT2D eigenvalue weighted by atomic mass is 16.5. The number of anilines is 4. The quantitative estimate of drug-likeness (QED) is 0.386. The van der Waals surface area contributed by atoms with Crippen LogP contribution in [0.15, 0.2) is 60.8 Å². The third-order valence-electron chi connectivity index (χ3n) is 7.82. The van der Waals surface area contributed by atoms with Crippen molar-refractivity contribution in [3.8, 4) is 11.3 Å². The fourth-order valence-corrected chi connectivity index (χ4v) is 5.68. The van der Waals surface area contributed by atoms with E-state index < -0.39 is 17.0 Å². The normalized spacial score (nSPS) is 19.4. The predicted molar refractivity (Wildman–Crippen MR) is 155 cm³/mol. The largest absolute Gasteiger partial charge is 0.465 e. The van der Waals surface area contributed by atoms with E-state index in [9.17, 15) is 14.7 Å². The van der Waals surface area contributed by atoms with Gasteiger partial charge in [0.2, 0.25) is 5.95 Å². The van der Waals surface area contributed by atoms with Gasteiger partial charge in [-0.1, -0.05) is 32.9 Å². The number of carbonyl (C=O) groups is 2.